The number of rotatable bonds is 6. The fraction of sp³-hybridized carbons (Fsp3) is 0.357. The lowest BCUT2D eigenvalue weighted by molar-refractivity contribution is 0.102. The summed E-state index contributed by atoms with van der Waals surface area (Å²) in [6, 6.07) is 11.3. The average molecular weight is 490 g/mol. The third-order valence-electron chi connectivity index (χ3n) is 7.22. The van der Waals surface area contributed by atoms with Gasteiger partial charge in [0, 0.05) is 53.4 Å². The van der Waals surface area contributed by atoms with E-state index in [1.54, 1.807) is 22.9 Å². The first kappa shape index (κ1) is 23.8. The van der Waals surface area contributed by atoms with Gasteiger partial charge < -0.3 is 28.7 Å². The van der Waals surface area contributed by atoms with Crippen molar-refractivity contribution in [2.45, 2.75) is 38.1 Å². The Morgan fingerprint density at radius 2 is 1.64 bits per heavy atom. The van der Waals surface area contributed by atoms with Crippen LogP contribution >= 0.6 is 0 Å². The number of hydrogen-bond acceptors (Lipinski definition) is 5. The van der Waals surface area contributed by atoms with Crippen LogP contribution in [0.25, 0.3) is 21.8 Å². The summed E-state index contributed by atoms with van der Waals surface area (Å²) in [5, 5.41) is 4.53. The molecule has 0 radical (unpaired) electrons. The summed E-state index contributed by atoms with van der Waals surface area (Å²) in [5.41, 5.74) is 2.35. The van der Waals surface area contributed by atoms with Crippen molar-refractivity contribution in [3.8, 4) is 17.2 Å². The molecule has 0 unspecified atom stereocenters. The lowest BCUT2D eigenvalue weighted by Gasteiger charge is -2.25. The molecule has 8 heteroatoms. The minimum atomic E-state index is -0.310. The molecule has 1 saturated carbocycles. The Bertz CT molecular complexity index is 1490. The summed E-state index contributed by atoms with van der Waals surface area (Å²) in [5.74, 6) is 1.01. The maximum absolute atomic E-state index is 13.8. The zero-order valence-corrected chi connectivity index (χ0v) is 21.1. The molecule has 4 aromatic rings. The van der Waals surface area contributed by atoms with Crippen LogP contribution in [0.3, 0.4) is 0 Å². The van der Waals surface area contributed by atoms with Crippen LogP contribution in [0.1, 0.15) is 48.5 Å². The number of aromatic nitrogens is 2. The van der Waals surface area contributed by atoms with Gasteiger partial charge in [0.1, 0.15) is 5.52 Å². The number of methoxy groups -OCH3 is 3. The van der Waals surface area contributed by atoms with E-state index in [1.165, 1.54) is 27.8 Å². The van der Waals surface area contributed by atoms with Gasteiger partial charge in [0.05, 0.1) is 26.9 Å². The van der Waals surface area contributed by atoms with E-state index in [2.05, 4.69) is 5.32 Å². The molecule has 2 aromatic heterocycles. The number of benzene rings is 2. The first-order chi connectivity index (χ1) is 17.5. The molecule has 1 fully saturated rings. The van der Waals surface area contributed by atoms with E-state index in [1.807, 2.05) is 35.9 Å². The molecule has 0 atom stereocenters. The molecule has 36 heavy (non-hydrogen) atoms. The molecule has 0 spiro atoms. The Hall–Kier alpha value is -3.94. The number of para-hydroxylation sites is 1. The van der Waals surface area contributed by atoms with Crippen LogP contribution in [0, 0.1) is 0 Å². The summed E-state index contributed by atoms with van der Waals surface area (Å²) in [6.07, 6.45) is 6.96. The highest BCUT2D eigenvalue weighted by Gasteiger charge is 2.25. The van der Waals surface area contributed by atoms with E-state index >= 15 is 0 Å². The van der Waals surface area contributed by atoms with Crippen molar-refractivity contribution < 1.29 is 19.0 Å². The van der Waals surface area contributed by atoms with Gasteiger partial charge in [-0.15, -0.1) is 0 Å². The lowest BCUT2D eigenvalue weighted by Crippen LogP contribution is -2.29. The maximum Gasteiger partial charge on any atom is 0.275 e. The van der Waals surface area contributed by atoms with Crippen LogP contribution in [0.4, 0.5) is 5.69 Å². The Kier molecular flexibility index (Phi) is 6.35. The standard InChI is InChI=1S/C28H31N3O5/c1-30-21-13-9-8-12-19(21)24-20(16-31(28(33)25(24)30)18-10-6-5-7-11-18)27(32)29-17-14-22(34-2)26(36-4)23(15-17)35-3/h8-9,12-16,18H,5-7,10-11H2,1-4H3,(H,29,32). The average Bonchev–Trinajstić information content (AvgIpc) is 3.21. The molecular formula is C28H31N3O5. The molecule has 188 valence electrons. The third kappa shape index (κ3) is 3.86. The van der Waals surface area contributed by atoms with Crippen LogP contribution in [0.15, 0.2) is 47.4 Å². The van der Waals surface area contributed by atoms with Crippen molar-refractivity contribution in [2.75, 3.05) is 26.6 Å². The van der Waals surface area contributed by atoms with Gasteiger partial charge in [-0.25, -0.2) is 0 Å². The molecule has 5 rings (SSSR count). The lowest BCUT2D eigenvalue weighted by atomic mass is 9.95. The molecule has 1 aliphatic rings. The van der Waals surface area contributed by atoms with E-state index in [-0.39, 0.29) is 17.5 Å². The molecular weight excluding hydrogens is 458 g/mol. The quantitative estimate of drug-likeness (QED) is 0.399. The Labute approximate surface area is 209 Å². The highest BCUT2D eigenvalue weighted by atomic mass is 16.5. The van der Waals surface area contributed by atoms with Gasteiger partial charge in [0.25, 0.3) is 11.5 Å². The van der Waals surface area contributed by atoms with Crippen molar-refractivity contribution in [3.05, 3.63) is 58.5 Å². The van der Waals surface area contributed by atoms with E-state index in [4.69, 9.17) is 14.2 Å². The minimum absolute atomic E-state index is 0.0556. The van der Waals surface area contributed by atoms with Gasteiger partial charge in [-0.2, -0.15) is 0 Å². The van der Waals surface area contributed by atoms with Gasteiger partial charge in [0.15, 0.2) is 11.5 Å². The number of amides is 1. The second-order valence-corrected chi connectivity index (χ2v) is 9.21. The van der Waals surface area contributed by atoms with Crippen LogP contribution in [-0.2, 0) is 7.05 Å². The largest absolute Gasteiger partial charge is 0.493 e. The number of nitrogens with one attached hydrogen (secondary N) is 1. The second kappa shape index (κ2) is 9.60. The van der Waals surface area contributed by atoms with E-state index in [9.17, 15) is 9.59 Å². The van der Waals surface area contributed by atoms with E-state index < -0.39 is 0 Å². The molecule has 1 aliphatic carbocycles. The van der Waals surface area contributed by atoms with Crippen LogP contribution < -0.4 is 25.1 Å². The zero-order valence-electron chi connectivity index (χ0n) is 21.1. The summed E-state index contributed by atoms with van der Waals surface area (Å²) in [4.78, 5) is 27.6. The topological polar surface area (TPSA) is 83.7 Å². The first-order valence-electron chi connectivity index (χ1n) is 12.2. The number of anilines is 1. The summed E-state index contributed by atoms with van der Waals surface area (Å²) in [6.45, 7) is 0. The number of aryl methyl sites for hydroxylation is 1. The first-order valence-corrected chi connectivity index (χ1v) is 12.2. The van der Waals surface area contributed by atoms with Crippen molar-refractivity contribution in [1.82, 2.24) is 9.13 Å². The highest BCUT2D eigenvalue weighted by Crippen LogP contribution is 2.40. The molecule has 1 N–H and O–H groups in total. The normalized spacial score (nSPS) is 14.2. The highest BCUT2D eigenvalue weighted by molar-refractivity contribution is 6.20. The molecule has 0 aliphatic heterocycles. The van der Waals surface area contributed by atoms with E-state index in [0.717, 1.165) is 36.6 Å². The van der Waals surface area contributed by atoms with Crippen LogP contribution in [0.5, 0.6) is 17.2 Å². The smallest absolute Gasteiger partial charge is 0.275 e. The van der Waals surface area contributed by atoms with E-state index in [0.29, 0.717) is 39.4 Å². The predicted molar refractivity (Wildman–Crippen MR) is 141 cm³/mol. The monoisotopic (exact) mass is 489 g/mol. The number of nitrogens with zero attached hydrogens (tertiary/aromatic N) is 2. The van der Waals surface area contributed by atoms with Crippen molar-refractivity contribution in [3.63, 3.8) is 0 Å². The zero-order chi connectivity index (χ0) is 25.4. The molecule has 2 heterocycles. The third-order valence-corrected chi connectivity index (χ3v) is 7.22. The van der Waals surface area contributed by atoms with Gasteiger partial charge in [-0.05, 0) is 18.9 Å². The number of carbonyl (C=O) groups is 1. The number of ether oxygens (including phenoxy) is 3. The molecule has 2 aromatic carbocycles. The fourth-order valence-electron chi connectivity index (χ4n) is 5.46. The van der Waals surface area contributed by atoms with Crippen molar-refractivity contribution in [1.29, 1.82) is 0 Å². The predicted octanol–water partition coefficient (Wildman–Crippen LogP) is 5.28. The number of carbonyl (C=O) groups excluding carboxylic acids is 1. The Morgan fingerprint density at radius 3 is 2.28 bits per heavy atom. The van der Waals surface area contributed by atoms with Crippen LogP contribution in [-0.4, -0.2) is 36.4 Å². The summed E-state index contributed by atoms with van der Waals surface area (Å²) in [7, 11) is 6.48. The molecule has 1 amide bonds. The maximum atomic E-state index is 13.8. The molecule has 0 bridgehead atoms. The summed E-state index contributed by atoms with van der Waals surface area (Å²) >= 11 is 0. The second-order valence-electron chi connectivity index (χ2n) is 9.21. The number of pyridine rings is 1. The van der Waals surface area contributed by atoms with Gasteiger partial charge in [-0.3, -0.25) is 9.59 Å². The van der Waals surface area contributed by atoms with Crippen LogP contribution in [0.2, 0.25) is 0 Å². The minimum Gasteiger partial charge on any atom is -0.493 e. The van der Waals surface area contributed by atoms with Crippen molar-refractivity contribution >= 4 is 33.4 Å². The number of fused-ring (bicyclic) bond motifs is 3. The molecule has 0 saturated heterocycles. The fourth-order valence-corrected chi connectivity index (χ4v) is 5.46. The summed E-state index contributed by atoms with van der Waals surface area (Å²) < 4.78 is 20.0. The number of hydrogen-bond donors (Lipinski definition) is 1. The van der Waals surface area contributed by atoms with Gasteiger partial charge in [-0.1, -0.05) is 37.5 Å². The Morgan fingerprint density at radius 1 is 0.972 bits per heavy atom. The SMILES string of the molecule is COc1cc(NC(=O)c2cn(C3CCCCC3)c(=O)c3c2c2ccccc2n3C)cc(OC)c1OC. The van der Waals surface area contributed by atoms with Gasteiger partial charge >= 0.3 is 0 Å². The Balaban J connectivity index is 1.69. The molecule has 8 nitrogen and oxygen atoms in total. The van der Waals surface area contributed by atoms with Crippen molar-refractivity contribution in [2.24, 2.45) is 7.05 Å². The van der Waals surface area contributed by atoms with Gasteiger partial charge in [0.2, 0.25) is 5.75 Å².